The first-order valence-electron chi connectivity index (χ1n) is 10.3. The molecule has 1 aromatic heterocycles. The standard InChI is InChI=1S/C22H26N4O2/c1-14-21(26(28)13-25(14)12-15-5-3-2-4-6-15)22(27)24-23-20-18-8-16-7-17(10-18)11-19(20)9-16/h2-6,13,16-19H,7-12H2,1H3,(H,24,27). The number of hydrazone groups is 1. The highest BCUT2D eigenvalue weighted by Crippen LogP contribution is 2.52. The summed E-state index contributed by atoms with van der Waals surface area (Å²) >= 11 is 0. The predicted octanol–water partition coefficient (Wildman–Crippen LogP) is 3.02. The Morgan fingerprint density at radius 3 is 2.43 bits per heavy atom. The summed E-state index contributed by atoms with van der Waals surface area (Å²) in [5.41, 5.74) is 5.74. The average Bonchev–Trinajstić information content (AvgIpc) is 2.94. The fourth-order valence-corrected chi connectivity index (χ4v) is 5.79. The number of rotatable bonds is 4. The molecule has 2 aromatic rings. The summed E-state index contributed by atoms with van der Waals surface area (Å²) in [5, 5.41) is 16.9. The van der Waals surface area contributed by atoms with Crippen LogP contribution in [0.15, 0.2) is 41.8 Å². The van der Waals surface area contributed by atoms with Crippen LogP contribution in [0.2, 0.25) is 0 Å². The maximum Gasteiger partial charge on any atom is 0.315 e. The van der Waals surface area contributed by atoms with Crippen molar-refractivity contribution in [2.45, 2.75) is 45.6 Å². The molecular weight excluding hydrogens is 352 g/mol. The molecule has 4 aliphatic rings. The van der Waals surface area contributed by atoms with Gasteiger partial charge in [0.1, 0.15) is 6.54 Å². The highest BCUT2D eigenvalue weighted by atomic mass is 16.5. The largest absolute Gasteiger partial charge is 0.710 e. The van der Waals surface area contributed by atoms with Crippen LogP contribution < -0.4 is 10.2 Å². The van der Waals surface area contributed by atoms with Crippen molar-refractivity contribution in [2.24, 2.45) is 28.8 Å². The summed E-state index contributed by atoms with van der Waals surface area (Å²) in [4.78, 5) is 12.7. The average molecular weight is 378 g/mol. The number of nitrogens with zero attached hydrogens (tertiary/aromatic N) is 3. The number of amides is 1. The SMILES string of the molecule is Cc1c(C(=O)NN=C2C3CC4CC(C3)CC2C4)[n+]([O-])cn1Cc1ccccc1. The molecule has 6 nitrogen and oxygen atoms in total. The van der Waals surface area contributed by atoms with Gasteiger partial charge in [-0.25, -0.2) is 14.7 Å². The second-order valence-electron chi connectivity index (χ2n) is 8.77. The van der Waals surface area contributed by atoms with E-state index in [9.17, 15) is 10.0 Å². The number of aromatic nitrogens is 2. The Bertz CT molecular complexity index is 902. The summed E-state index contributed by atoms with van der Waals surface area (Å²) < 4.78 is 2.47. The molecule has 0 spiro atoms. The van der Waals surface area contributed by atoms with Gasteiger partial charge in [0.05, 0.1) is 0 Å². The lowest BCUT2D eigenvalue weighted by Crippen LogP contribution is -2.46. The smallest absolute Gasteiger partial charge is 0.315 e. The molecule has 0 radical (unpaired) electrons. The Hall–Kier alpha value is -2.63. The molecule has 0 aliphatic heterocycles. The molecule has 4 fully saturated rings. The highest BCUT2D eigenvalue weighted by molar-refractivity contribution is 5.95. The lowest BCUT2D eigenvalue weighted by Gasteiger charge is -2.50. The summed E-state index contributed by atoms with van der Waals surface area (Å²) in [7, 11) is 0. The van der Waals surface area contributed by atoms with Gasteiger partial charge in [0.25, 0.3) is 0 Å². The molecule has 4 bridgehead atoms. The number of nitrogens with one attached hydrogen (secondary N) is 1. The van der Waals surface area contributed by atoms with E-state index >= 15 is 0 Å². The molecular formula is C22H26N4O2. The fourth-order valence-electron chi connectivity index (χ4n) is 5.79. The fraction of sp³-hybridized carbons (Fsp3) is 0.500. The van der Waals surface area contributed by atoms with Gasteiger partial charge in [-0.2, -0.15) is 5.10 Å². The van der Waals surface area contributed by atoms with Crippen molar-refractivity contribution in [2.75, 3.05) is 0 Å². The number of hydrogen-bond acceptors (Lipinski definition) is 3. The van der Waals surface area contributed by atoms with Crippen LogP contribution in [0.4, 0.5) is 0 Å². The Labute approximate surface area is 164 Å². The third-order valence-corrected chi connectivity index (χ3v) is 6.91. The maximum atomic E-state index is 12.7. The zero-order valence-electron chi connectivity index (χ0n) is 16.2. The summed E-state index contributed by atoms with van der Waals surface area (Å²) in [6.45, 7) is 2.37. The topological polar surface area (TPSA) is 73.3 Å². The quantitative estimate of drug-likeness (QED) is 0.505. The van der Waals surface area contributed by atoms with Crippen LogP contribution in [-0.2, 0) is 6.54 Å². The first-order chi connectivity index (χ1) is 13.6. The molecule has 28 heavy (non-hydrogen) atoms. The predicted molar refractivity (Wildman–Crippen MR) is 106 cm³/mol. The van der Waals surface area contributed by atoms with E-state index in [0.717, 1.165) is 17.4 Å². The van der Waals surface area contributed by atoms with Crippen molar-refractivity contribution in [1.82, 2.24) is 9.99 Å². The summed E-state index contributed by atoms with van der Waals surface area (Å²) in [6, 6.07) is 9.91. The molecule has 1 amide bonds. The first kappa shape index (κ1) is 17.5. The van der Waals surface area contributed by atoms with Gasteiger partial charge in [-0.1, -0.05) is 30.3 Å². The second kappa shape index (κ2) is 6.76. The van der Waals surface area contributed by atoms with E-state index in [4.69, 9.17) is 0 Å². The van der Waals surface area contributed by atoms with Gasteiger partial charge in [0, 0.05) is 12.6 Å². The molecule has 0 atom stereocenters. The third kappa shape index (κ3) is 3.01. The Morgan fingerprint density at radius 2 is 1.79 bits per heavy atom. The van der Waals surface area contributed by atoms with Gasteiger partial charge in [-0.05, 0) is 61.3 Å². The van der Waals surface area contributed by atoms with Crippen LogP contribution in [0.5, 0.6) is 0 Å². The Kier molecular flexibility index (Phi) is 4.22. The lowest BCUT2D eigenvalue weighted by molar-refractivity contribution is -0.607. The van der Waals surface area contributed by atoms with E-state index in [1.54, 1.807) is 0 Å². The molecule has 1 N–H and O–H groups in total. The van der Waals surface area contributed by atoms with E-state index < -0.39 is 5.91 Å². The van der Waals surface area contributed by atoms with Crippen LogP contribution in [0, 0.1) is 35.8 Å². The molecule has 4 aliphatic carbocycles. The molecule has 0 saturated heterocycles. The van der Waals surface area contributed by atoms with Gasteiger partial charge in [-0.3, -0.25) is 4.79 Å². The Morgan fingerprint density at radius 1 is 1.14 bits per heavy atom. The molecule has 0 unspecified atom stereocenters. The maximum absolute atomic E-state index is 12.7. The van der Waals surface area contributed by atoms with Gasteiger partial charge in [0.15, 0.2) is 5.69 Å². The van der Waals surface area contributed by atoms with Crippen molar-refractivity contribution in [1.29, 1.82) is 0 Å². The van der Waals surface area contributed by atoms with E-state index in [-0.39, 0.29) is 5.69 Å². The zero-order chi connectivity index (χ0) is 19.3. The van der Waals surface area contributed by atoms with E-state index in [0.29, 0.717) is 28.8 Å². The summed E-state index contributed by atoms with van der Waals surface area (Å²) in [6.07, 6.45) is 7.70. The molecule has 4 saturated carbocycles. The Balaban J connectivity index is 1.33. The van der Waals surface area contributed by atoms with Crippen LogP contribution in [0.1, 0.15) is 53.8 Å². The van der Waals surface area contributed by atoms with E-state index in [1.807, 2.05) is 41.8 Å². The van der Waals surface area contributed by atoms with Crippen molar-refractivity contribution in [3.05, 3.63) is 58.8 Å². The molecule has 1 heterocycles. The highest BCUT2D eigenvalue weighted by Gasteiger charge is 2.46. The number of imidazole rings is 1. The first-order valence-corrected chi connectivity index (χ1v) is 10.3. The van der Waals surface area contributed by atoms with Gasteiger partial charge in [0.2, 0.25) is 12.0 Å². The molecule has 6 rings (SSSR count). The third-order valence-electron chi connectivity index (χ3n) is 6.91. The van der Waals surface area contributed by atoms with Crippen molar-refractivity contribution < 1.29 is 9.52 Å². The second-order valence-corrected chi connectivity index (χ2v) is 8.77. The van der Waals surface area contributed by atoms with Crippen LogP contribution in [0.3, 0.4) is 0 Å². The van der Waals surface area contributed by atoms with Gasteiger partial charge >= 0.3 is 5.91 Å². The minimum absolute atomic E-state index is 0.129. The van der Waals surface area contributed by atoms with E-state index in [1.165, 1.54) is 44.1 Å². The normalized spacial score (nSPS) is 27.8. The lowest BCUT2D eigenvalue weighted by atomic mass is 9.55. The molecule has 146 valence electrons. The number of carbonyl (C=O) groups excluding carboxylic acids is 1. The van der Waals surface area contributed by atoms with E-state index in [2.05, 4.69) is 10.5 Å². The zero-order valence-corrected chi connectivity index (χ0v) is 16.2. The molecule has 1 aromatic carbocycles. The van der Waals surface area contributed by atoms with Crippen molar-refractivity contribution in [3.8, 4) is 0 Å². The minimum Gasteiger partial charge on any atom is -0.710 e. The van der Waals surface area contributed by atoms with Crippen LogP contribution in [-0.4, -0.2) is 16.2 Å². The van der Waals surface area contributed by atoms with Crippen molar-refractivity contribution in [3.63, 3.8) is 0 Å². The van der Waals surface area contributed by atoms with Gasteiger partial charge < -0.3 is 5.21 Å². The number of carbonyl (C=O) groups is 1. The van der Waals surface area contributed by atoms with Crippen molar-refractivity contribution >= 4 is 11.6 Å². The minimum atomic E-state index is -0.416. The summed E-state index contributed by atoms with van der Waals surface area (Å²) in [5.74, 6) is 2.35. The van der Waals surface area contributed by atoms with Crippen LogP contribution >= 0.6 is 0 Å². The number of benzene rings is 1. The van der Waals surface area contributed by atoms with Crippen LogP contribution in [0.25, 0.3) is 0 Å². The molecule has 6 heteroatoms. The van der Waals surface area contributed by atoms with Gasteiger partial charge in [-0.15, -0.1) is 0 Å². The number of hydrogen-bond donors (Lipinski definition) is 1. The monoisotopic (exact) mass is 378 g/mol.